The minimum atomic E-state index is -0.253. The Morgan fingerprint density at radius 3 is 2.69 bits per heavy atom. The summed E-state index contributed by atoms with van der Waals surface area (Å²) in [7, 11) is 3.89. The van der Waals surface area contributed by atoms with Gasteiger partial charge in [0, 0.05) is 11.9 Å². The Bertz CT molecular complexity index is 353. The van der Waals surface area contributed by atoms with Crippen LogP contribution < -0.4 is 0 Å². The van der Waals surface area contributed by atoms with Gasteiger partial charge in [0.25, 0.3) is 0 Å². The van der Waals surface area contributed by atoms with Crippen molar-refractivity contribution < 1.29 is 9.53 Å². The molecular formula is C12H16BrNO2. The molecule has 0 unspecified atom stereocenters. The van der Waals surface area contributed by atoms with Gasteiger partial charge in [-0.1, -0.05) is 34.1 Å². The Hall–Kier alpha value is -0.870. The second-order valence-corrected chi connectivity index (χ2v) is 4.29. The summed E-state index contributed by atoms with van der Waals surface area (Å²) >= 11 is 3.35. The topological polar surface area (TPSA) is 29.5 Å². The van der Waals surface area contributed by atoms with Crippen LogP contribution in [0.15, 0.2) is 24.3 Å². The van der Waals surface area contributed by atoms with Crippen LogP contribution >= 0.6 is 15.9 Å². The summed E-state index contributed by atoms with van der Waals surface area (Å²) in [4.78, 5) is 13.7. The largest absolute Gasteiger partial charge is 0.461 e. The van der Waals surface area contributed by atoms with Crippen molar-refractivity contribution in [3.05, 3.63) is 35.4 Å². The van der Waals surface area contributed by atoms with E-state index >= 15 is 0 Å². The highest BCUT2D eigenvalue weighted by atomic mass is 79.9. The maximum atomic E-state index is 11.7. The number of esters is 1. The van der Waals surface area contributed by atoms with Gasteiger partial charge in [-0.2, -0.15) is 0 Å². The van der Waals surface area contributed by atoms with Gasteiger partial charge in [0.1, 0.15) is 6.61 Å². The normalized spacial score (nSPS) is 10.5. The second kappa shape index (κ2) is 6.66. The first-order valence-electron chi connectivity index (χ1n) is 5.11. The van der Waals surface area contributed by atoms with E-state index in [9.17, 15) is 4.79 Å². The zero-order chi connectivity index (χ0) is 12.0. The van der Waals surface area contributed by atoms with Crippen LogP contribution in [-0.2, 0) is 10.1 Å². The summed E-state index contributed by atoms with van der Waals surface area (Å²) in [6.45, 7) is 1.16. The van der Waals surface area contributed by atoms with E-state index in [0.717, 1.165) is 12.1 Å². The van der Waals surface area contributed by atoms with Crippen LogP contribution in [0.4, 0.5) is 0 Å². The van der Waals surface area contributed by atoms with Gasteiger partial charge in [0.2, 0.25) is 0 Å². The molecule has 0 radical (unpaired) electrons. The van der Waals surface area contributed by atoms with E-state index in [1.165, 1.54) is 0 Å². The highest BCUT2D eigenvalue weighted by molar-refractivity contribution is 9.08. The lowest BCUT2D eigenvalue weighted by molar-refractivity contribution is 0.0481. The molecule has 0 saturated carbocycles. The molecule has 0 spiro atoms. The standard InChI is InChI=1S/C12H16BrNO2/c1-14(2)7-8-16-12(15)11-6-4-3-5-10(11)9-13/h3-6H,7-9H2,1-2H3. The van der Waals surface area contributed by atoms with Gasteiger partial charge >= 0.3 is 5.97 Å². The van der Waals surface area contributed by atoms with Crippen molar-refractivity contribution in [3.8, 4) is 0 Å². The van der Waals surface area contributed by atoms with Crippen molar-refractivity contribution in [1.82, 2.24) is 4.90 Å². The predicted molar refractivity (Wildman–Crippen MR) is 67.9 cm³/mol. The Morgan fingerprint density at radius 1 is 1.38 bits per heavy atom. The van der Waals surface area contributed by atoms with Gasteiger partial charge in [-0.3, -0.25) is 0 Å². The van der Waals surface area contributed by atoms with Crippen LogP contribution in [0.2, 0.25) is 0 Å². The summed E-state index contributed by atoms with van der Waals surface area (Å²) in [5.74, 6) is -0.253. The van der Waals surface area contributed by atoms with Crippen LogP contribution in [0.1, 0.15) is 15.9 Å². The van der Waals surface area contributed by atoms with E-state index in [2.05, 4.69) is 15.9 Å². The molecule has 0 aromatic heterocycles. The highest BCUT2D eigenvalue weighted by Gasteiger charge is 2.10. The number of ether oxygens (including phenoxy) is 1. The zero-order valence-electron chi connectivity index (χ0n) is 9.57. The number of hydrogen-bond acceptors (Lipinski definition) is 3. The van der Waals surface area contributed by atoms with Gasteiger partial charge < -0.3 is 9.64 Å². The summed E-state index contributed by atoms with van der Waals surface area (Å²) in [5.41, 5.74) is 1.59. The molecule has 16 heavy (non-hydrogen) atoms. The number of carbonyl (C=O) groups excluding carboxylic acids is 1. The van der Waals surface area contributed by atoms with Crippen molar-refractivity contribution in [2.75, 3.05) is 27.2 Å². The molecule has 0 bridgehead atoms. The van der Waals surface area contributed by atoms with E-state index in [1.54, 1.807) is 6.07 Å². The number of rotatable bonds is 5. The van der Waals surface area contributed by atoms with Crippen molar-refractivity contribution in [2.24, 2.45) is 0 Å². The molecule has 0 aliphatic rings. The van der Waals surface area contributed by atoms with Crippen molar-refractivity contribution in [3.63, 3.8) is 0 Å². The Kier molecular flexibility index (Phi) is 5.49. The molecule has 0 aliphatic carbocycles. The van der Waals surface area contributed by atoms with E-state index in [1.807, 2.05) is 37.2 Å². The second-order valence-electron chi connectivity index (χ2n) is 3.73. The summed E-state index contributed by atoms with van der Waals surface area (Å²) in [6, 6.07) is 7.45. The van der Waals surface area contributed by atoms with Crippen LogP contribution in [0, 0.1) is 0 Å². The van der Waals surface area contributed by atoms with Gasteiger partial charge in [-0.25, -0.2) is 4.79 Å². The van der Waals surface area contributed by atoms with Crippen LogP contribution in [0.5, 0.6) is 0 Å². The first-order valence-corrected chi connectivity index (χ1v) is 6.23. The summed E-state index contributed by atoms with van der Waals surface area (Å²) in [5, 5.41) is 0.659. The van der Waals surface area contributed by atoms with E-state index in [0.29, 0.717) is 17.5 Å². The average molecular weight is 286 g/mol. The van der Waals surface area contributed by atoms with Crippen LogP contribution in [0.25, 0.3) is 0 Å². The van der Waals surface area contributed by atoms with E-state index in [-0.39, 0.29) is 5.97 Å². The number of halogens is 1. The lowest BCUT2D eigenvalue weighted by Gasteiger charge is -2.11. The molecule has 0 N–H and O–H groups in total. The molecule has 0 atom stereocenters. The molecule has 0 aliphatic heterocycles. The number of likely N-dealkylation sites (N-methyl/N-ethyl adjacent to an activating group) is 1. The lowest BCUT2D eigenvalue weighted by atomic mass is 10.1. The minimum Gasteiger partial charge on any atom is -0.461 e. The fourth-order valence-electron chi connectivity index (χ4n) is 1.23. The van der Waals surface area contributed by atoms with Gasteiger partial charge in [-0.05, 0) is 25.7 Å². The van der Waals surface area contributed by atoms with Crippen molar-refractivity contribution >= 4 is 21.9 Å². The van der Waals surface area contributed by atoms with Crippen molar-refractivity contribution in [1.29, 1.82) is 0 Å². The molecule has 1 aromatic carbocycles. The Balaban J connectivity index is 2.59. The highest BCUT2D eigenvalue weighted by Crippen LogP contribution is 2.13. The number of hydrogen-bond donors (Lipinski definition) is 0. The first-order chi connectivity index (χ1) is 7.65. The zero-order valence-corrected chi connectivity index (χ0v) is 11.2. The minimum absolute atomic E-state index is 0.253. The Morgan fingerprint density at radius 2 is 2.06 bits per heavy atom. The quantitative estimate of drug-likeness (QED) is 0.614. The molecule has 0 heterocycles. The molecule has 0 fully saturated rings. The fourth-order valence-corrected chi connectivity index (χ4v) is 1.72. The molecule has 88 valence electrons. The van der Waals surface area contributed by atoms with Crippen LogP contribution in [-0.4, -0.2) is 38.1 Å². The number of nitrogens with zero attached hydrogens (tertiary/aromatic N) is 1. The number of alkyl halides is 1. The third kappa shape index (κ3) is 3.94. The van der Waals surface area contributed by atoms with Gasteiger partial charge in [-0.15, -0.1) is 0 Å². The van der Waals surface area contributed by atoms with Crippen molar-refractivity contribution in [2.45, 2.75) is 5.33 Å². The number of carbonyl (C=O) groups is 1. The maximum absolute atomic E-state index is 11.7. The summed E-state index contributed by atoms with van der Waals surface area (Å²) < 4.78 is 5.18. The SMILES string of the molecule is CN(C)CCOC(=O)c1ccccc1CBr. The Labute approximate surface area is 105 Å². The third-order valence-corrected chi connectivity index (χ3v) is 2.76. The predicted octanol–water partition coefficient (Wildman–Crippen LogP) is 2.30. The molecule has 3 nitrogen and oxygen atoms in total. The number of benzene rings is 1. The lowest BCUT2D eigenvalue weighted by Crippen LogP contribution is -2.20. The molecule has 0 amide bonds. The molecule has 0 saturated heterocycles. The average Bonchev–Trinajstić information content (AvgIpc) is 2.28. The van der Waals surface area contributed by atoms with E-state index < -0.39 is 0 Å². The maximum Gasteiger partial charge on any atom is 0.338 e. The monoisotopic (exact) mass is 285 g/mol. The first kappa shape index (κ1) is 13.2. The fraction of sp³-hybridized carbons (Fsp3) is 0.417. The third-order valence-electron chi connectivity index (χ3n) is 2.15. The smallest absolute Gasteiger partial charge is 0.338 e. The molecular weight excluding hydrogens is 270 g/mol. The van der Waals surface area contributed by atoms with E-state index in [4.69, 9.17) is 4.74 Å². The summed E-state index contributed by atoms with van der Waals surface area (Å²) in [6.07, 6.45) is 0. The molecule has 1 rings (SSSR count). The molecule has 4 heteroatoms. The van der Waals surface area contributed by atoms with Crippen LogP contribution in [0.3, 0.4) is 0 Å². The van der Waals surface area contributed by atoms with Gasteiger partial charge in [0.05, 0.1) is 5.56 Å². The molecule has 1 aromatic rings. The van der Waals surface area contributed by atoms with Gasteiger partial charge in [0.15, 0.2) is 0 Å².